The SMILES string of the molecule is O=C(CCCCCCCCC/C=C\CC(O)CO)Oc1ccccc1. The molecule has 1 aromatic carbocycles. The predicted molar refractivity (Wildman–Crippen MR) is 100 cm³/mol. The Morgan fingerprint density at radius 3 is 2.28 bits per heavy atom. The first kappa shape index (κ1) is 21.4. The number of aliphatic hydroxyl groups is 2. The van der Waals surface area contributed by atoms with Gasteiger partial charge in [0.15, 0.2) is 0 Å². The van der Waals surface area contributed by atoms with Gasteiger partial charge in [-0.15, -0.1) is 0 Å². The maximum Gasteiger partial charge on any atom is 0.311 e. The van der Waals surface area contributed by atoms with Gasteiger partial charge in [-0.1, -0.05) is 62.5 Å². The zero-order chi connectivity index (χ0) is 18.2. The fourth-order valence-electron chi connectivity index (χ4n) is 2.53. The molecule has 2 N–H and O–H groups in total. The number of hydrogen-bond acceptors (Lipinski definition) is 4. The molecule has 140 valence electrons. The molecule has 0 radical (unpaired) electrons. The van der Waals surface area contributed by atoms with Crippen LogP contribution in [0.3, 0.4) is 0 Å². The van der Waals surface area contributed by atoms with Crippen molar-refractivity contribution in [3.63, 3.8) is 0 Å². The van der Waals surface area contributed by atoms with Crippen molar-refractivity contribution in [1.82, 2.24) is 0 Å². The third-order valence-electron chi connectivity index (χ3n) is 4.01. The van der Waals surface area contributed by atoms with E-state index in [1.807, 2.05) is 24.3 Å². The quantitative estimate of drug-likeness (QED) is 0.226. The van der Waals surface area contributed by atoms with E-state index in [4.69, 9.17) is 9.84 Å². The summed E-state index contributed by atoms with van der Waals surface area (Å²) in [6, 6.07) is 9.20. The molecule has 0 aliphatic heterocycles. The Morgan fingerprint density at radius 1 is 0.960 bits per heavy atom. The van der Waals surface area contributed by atoms with E-state index in [1.54, 1.807) is 12.1 Å². The number of unbranched alkanes of at least 4 members (excludes halogenated alkanes) is 7. The maximum atomic E-state index is 11.7. The number of para-hydroxylation sites is 1. The van der Waals surface area contributed by atoms with Crippen molar-refractivity contribution in [2.24, 2.45) is 0 Å². The van der Waals surface area contributed by atoms with Crippen molar-refractivity contribution in [3.8, 4) is 5.75 Å². The summed E-state index contributed by atoms with van der Waals surface area (Å²) in [6.45, 7) is -0.172. The summed E-state index contributed by atoms with van der Waals surface area (Å²) < 4.78 is 5.25. The zero-order valence-electron chi connectivity index (χ0n) is 15.1. The van der Waals surface area contributed by atoms with Crippen LogP contribution < -0.4 is 4.74 Å². The average molecular weight is 348 g/mol. The van der Waals surface area contributed by atoms with E-state index in [2.05, 4.69) is 6.08 Å². The van der Waals surface area contributed by atoms with Crippen molar-refractivity contribution >= 4 is 5.97 Å². The van der Waals surface area contributed by atoms with Gasteiger partial charge in [-0.2, -0.15) is 0 Å². The Morgan fingerprint density at radius 2 is 1.60 bits per heavy atom. The number of aliphatic hydroxyl groups excluding tert-OH is 2. The average Bonchev–Trinajstić information content (AvgIpc) is 2.63. The normalized spacial score (nSPS) is 12.4. The van der Waals surface area contributed by atoms with Gasteiger partial charge in [-0.05, 0) is 37.8 Å². The number of carbonyl (C=O) groups excluding carboxylic acids is 1. The Labute approximate surface area is 151 Å². The molecule has 1 unspecified atom stereocenters. The summed E-state index contributed by atoms with van der Waals surface area (Å²) >= 11 is 0. The van der Waals surface area contributed by atoms with Crippen LogP contribution in [0.1, 0.15) is 64.2 Å². The maximum absolute atomic E-state index is 11.7. The van der Waals surface area contributed by atoms with E-state index in [1.165, 1.54) is 19.3 Å². The molecule has 0 aliphatic rings. The second-order valence-electron chi connectivity index (χ2n) is 6.34. The third-order valence-corrected chi connectivity index (χ3v) is 4.01. The van der Waals surface area contributed by atoms with Crippen LogP contribution in [0.2, 0.25) is 0 Å². The van der Waals surface area contributed by atoms with Gasteiger partial charge in [-0.25, -0.2) is 0 Å². The standard InChI is InChI=1S/C21H32O4/c22-18-19(23)14-10-7-5-3-1-2-4-6-8-13-17-21(24)25-20-15-11-9-12-16-20/h7,9-12,15-16,19,22-23H,1-6,8,13-14,17-18H2/b10-7-. The summed E-state index contributed by atoms with van der Waals surface area (Å²) in [5.41, 5.74) is 0. The molecule has 25 heavy (non-hydrogen) atoms. The molecular weight excluding hydrogens is 316 g/mol. The molecule has 0 aliphatic carbocycles. The molecule has 0 spiro atoms. The fourth-order valence-corrected chi connectivity index (χ4v) is 2.53. The Bertz CT molecular complexity index is 470. The topological polar surface area (TPSA) is 66.8 Å². The van der Waals surface area contributed by atoms with Crippen LogP contribution in [0.25, 0.3) is 0 Å². The van der Waals surface area contributed by atoms with Gasteiger partial charge in [0.05, 0.1) is 12.7 Å². The first-order valence-electron chi connectivity index (χ1n) is 9.42. The van der Waals surface area contributed by atoms with Crippen LogP contribution >= 0.6 is 0 Å². The highest BCUT2D eigenvalue weighted by Crippen LogP contribution is 2.13. The second-order valence-corrected chi connectivity index (χ2v) is 6.34. The highest BCUT2D eigenvalue weighted by molar-refractivity contribution is 5.72. The van der Waals surface area contributed by atoms with Gasteiger partial charge < -0.3 is 14.9 Å². The molecule has 4 heteroatoms. The molecule has 0 amide bonds. The third kappa shape index (κ3) is 12.4. The van der Waals surface area contributed by atoms with Crippen molar-refractivity contribution < 1.29 is 19.7 Å². The number of ether oxygens (including phenoxy) is 1. The Balaban J connectivity index is 1.86. The molecule has 0 saturated carbocycles. The molecule has 0 saturated heterocycles. The lowest BCUT2D eigenvalue weighted by Gasteiger charge is -2.04. The lowest BCUT2D eigenvalue weighted by Crippen LogP contribution is -2.09. The lowest BCUT2D eigenvalue weighted by atomic mass is 10.1. The number of rotatable bonds is 14. The molecule has 0 bridgehead atoms. The first-order valence-corrected chi connectivity index (χ1v) is 9.42. The second kappa shape index (κ2) is 14.7. The predicted octanol–water partition coefficient (Wildman–Crippen LogP) is 4.40. The van der Waals surface area contributed by atoms with Gasteiger partial charge in [0, 0.05) is 6.42 Å². The smallest absolute Gasteiger partial charge is 0.311 e. The summed E-state index contributed by atoms with van der Waals surface area (Å²) in [4.78, 5) is 11.7. The molecular formula is C21H32O4. The number of hydrogen-bond donors (Lipinski definition) is 2. The van der Waals surface area contributed by atoms with E-state index in [-0.39, 0.29) is 12.6 Å². The minimum atomic E-state index is -0.624. The minimum Gasteiger partial charge on any atom is -0.427 e. The first-order chi connectivity index (χ1) is 12.2. The number of allylic oxidation sites excluding steroid dienone is 1. The van der Waals surface area contributed by atoms with E-state index < -0.39 is 6.10 Å². The largest absolute Gasteiger partial charge is 0.427 e. The minimum absolute atomic E-state index is 0.149. The van der Waals surface area contributed by atoms with Crippen LogP contribution in [-0.2, 0) is 4.79 Å². The van der Waals surface area contributed by atoms with E-state index in [9.17, 15) is 9.90 Å². The lowest BCUT2D eigenvalue weighted by molar-refractivity contribution is -0.134. The van der Waals surface area contributed by atoms with Crippen LogP contribution in [0, 0.1) is 0 Å². The van der Waals surface area contributed by atoms with Crippen molar-refractivity contribution in [1.29, 1.82) is 0 Å². The fraction of sp³-hybridized carbons (Fsp3) is 0.571. The summed E-state index contributed by atoms with van der Waals surface area (Å²) in [7, 11) is 0. The van der Waals surface area contributed by atoms with Crippen LogP contribution in [-0.4, -0.2) is 28.9 Å². The molecule has 4 nitrogen and oxygen atoms in total. The van der Waals surface area contributed by atoms with Crippen molar-refractivity contribution in [3.05, 3.63) is 42.5 Å². The van der Waals surface area contributed by atoms with Crippen LogP contribution in [0.4, 0.5) is 0 Å². The van der Waals surface area contributed by atoms with Gasteiger partial charge in [0.25, 0.3) is 0 Å². The van der Waals surface area contributed by atoms with E-state index in [0.29, 0.717) is 18.6 Å². The highest BCUT2D eigenvalue weighted by Gasteiger charge is 2.03. The van der Waals surface area contributed by atoms with Gasteiger partial charge in [0.1, 0.15) is 5.75 Å². The van der Waals surface area contributed by atoms with Gasteiger partial charge in [0.2, 0.25) is 0 Å². The van der Waals surface area contributed by atoms with E-state index in [0.717, 1.165) is 32.1 Å². The number of benzene rings is 1. The Kier molecular flexibility index (Phi) is 12.6. The van der Waals surface area contributed by atoms with Gasteiger partial charge in [-0.3, -0.25) is 4.79 Å². The highest BCUT2D eigenvalue weighted by atomic mass is 16.5. The van der Waals surface area contributed by atoms with Crippen molar-refractivity contribution in [2.45, 2.75) is 70.3 Å². The molecule has 1 aromatic rings. The molecule has 0 aromatic heterocycles. The van der Waals surface area contributed by atoms with Crippen LogP contribution in [0.15, 0.2) is 42.5 Å². The van der Waals surface area contributed by atoms with Gasteiger partial charge >= 0.3 is 5.97 Å². The Hall–Kier alpha value is -1.65. The van der Waals surface area contributed by atoms with Crippen molar-refractivity contribution in [2.75, 3.05) is 6.61 Å². The number of esters is 1. The zero-order valence-corrected chi connectivity index (χ0v) is 15.1. The molecule has 0 heterocycles. The van der Waals surface area contributed by atoms with Crippen LogP contribution in [0.5, 0.6) is 5.75 Å². The van der Waals surface area contributed by atoms with E-state index >= 15 is 0 Å². The summed E-state index contributed by atoms with van der Waals surface area (Å²) in [5, 5.41) is 17.9. The molecule has 0 fully saturated rings. The number of carbonyl (C=O) groups is 1. The summed E-state index contributed by atoms with van der Waals surface area (Å²) in [5.74, 6) is 0.469. The monoisotopic (exact) mass is 348 g/mol. The molecule has 1 rings (SSSR count). The summed E-state index contributed by atoms with van der Waals surface area (Å²) in [6.07, 6.45) is 13.4. The molecule has 1 atom stereocenters.